The number of hydrogen-bond acceptors (Lipinski definition) is 3. The van der Waals surface area contributed by atoms with Crippen LogP contribution in [0.4, 0.5) is 5.82 Å². The van der Waals surface area contributed by atoms with Gasteiger partial charge in [0.2, 0.25) is 0 Å². The van der Waals surface area contributed by atoms with Crippen LogP contribution < -0.4 is 5.32 Å². The van der Waals surface area contributed by atoms with Crippen molar-refractivity contribution in [2.75, 3.05) is 5.32 Å². The minimum Gasteiger partial charge on any atom is -0.366 e. The first-order chi connectivity index (χ1) is 13.1. The number of fused-ring (bicyclic) bond motifs is 1. The van der Waals surface area contributed by atoms with Gasteiger partial charge in [0.1, 0.15) is 5.82 Å². The summed E-state index contributed by atoms with van der Waals surface area (Å²) in [7, 11) is 0. The average molecular weight is 366 g/mol. The lowest BCUT2D eigenvalue weighted by Crippen LogP contribution is -2.20. The molecule has 0 amide bonds. The molecule has 0 aliphatic heterocycles. The van der Waals surface area contributed by atoms with Gasteiger partial charge in [-0.25, -0.2) is 9.97 Å². The first-order valence-electron chi connectivity index (χ1n) is 10.9. The summed E-state index contributed by atoms with van der Waals surface area (Å²) in [5.74, 6) is 0.988. The Bertz CT molecular complexity index is 791. The number of benzene rings is 1. The molecule has 1 aliphatic rings. The van der Waals surface area contributed by atoms with E-state index in [9.17, 15) is 0 Å². The highest BCUT2D eigenvalue weighted by atomic mass is 15.0. The van der Waals surface area contributed by atoms with E-state index < -0.39 is 0 Å². The predicted molar refractivity (Wildman–Crippen MR) is 116 cm³/mol. The Balaban J connectivity index is 2.08. The summed E-state index contributed by atoms with van der Waals surface area (Å²) in [5.41, 5.74) is 8.96. The second kappa shape index (κ2) is 8.86. The molecule has 0 unspecified atom stereocenters. The van der Waals surface area contributed by atoms with Crippen LogP contribution in [0.25, 0.3) is 11.3 Å². The molecule has 1 heterocycles. The van der Waals surface area contributed by atoms with E-state index in [0.717, 1.165) is 48.6 Å². The zero-order valence-corrected chi connectivity index (χ0v) is 17.8. The number of aryl methyl sites for hydroxylation is 5. The smallest absolute Gasteiger partial charge is 0.148 e. The van der Waals surface area contributed by atoms with E-state index in [4.69, 9.17) is 9.97 Å². The first kappa shape index (κ1) is 19.9. The minimum absolute atomic E-state index is 0.464. The molecule has 27 heavy (non-hydrogen) atoms. The summed E-state index contributed by atoms with van der Waals surface area (Å²) >= 11 is 0. The van der Waals surface area contributed by atoms with Crippen LogP contribution in [0.15, 0.2) is 12.1 Å². The fourth-order valence-electron chi connectivity index (χ4n) is 4.18. The SMILES string of the molecule is CCc1nc(-c2cc3c(cc2C)CCCC3)c(CC)nc1NC(CC)CC. The first-order valence-corrected chi connectivity index (χ1v) is 10.9. The molecule has 0 saturated heterocycles. The Morgan fingerprint density at radius 2 is 1.52 bits per heavy atom. The summed E-state index contributed by atoms with van der Waals surface area (Å²) in [6.07, 6.45) is 9.07. The van der Waals surface area contributed by atoms with Gasteiger partial charge in [-0.2, -0.15) is 0 Å². The molecular formula is C24H35N3. The lowest BCUT2D eigenvalue weighted by atomic mass is 9.87. The molecule has 3 nitrogen and oxygen atoms in total. The summed E-state index contributed by atoms with van der Waals surface area (Å²) in [5, 5.41) is 3.64. The van der Waals surface area contributed by atoms with Crippen molar-refractivity contribution in [2.24, 2.45) is 0 Å². The van der Waals surface area contributed by atoms with Gasteiger partial charge in [-0.05, 0) is 81.0 Å². The Hall–Kier alpha value is -1.90. The van der Waals surface area contributed by atoms with Crippen molar-refractivity contribution in [3.05, 3.63) is 40.2 Å². The molecule has 2 aromatic rings. The number of nitrogens with one attached hydrogen (secondary N) is 1. The predicted octanol–water partition coefficient (Wildman–Crippen LogP) is 6.06. The maximum absolute atomic E-state index is 5.14. The van der Waals surface area contributed by atoms with Gasteiger partial charge in [0, 0.05) is 11.6 Å². The monoisotopic (exact) mass is 365 g/mol. The Kier molecular flexibility index (Phi) is 6.51. The molecule has 0 radical (unpaired) electrons. The molecule has 3 rings (SSSR count). The van der Waals surface area contributed by atoms with E-state index in [0.29, 0.717) is 6.04 Å². The largest absolute Gasteiger partial charge is 0.366 e. The molecule has 0 spiro atoms. The van der Waals surface area contributed by atoms with Crippen molar-refractivity contribution in [1.82, 2.24) is 9.97 Å². The summed E-state index contributed by atoms with van der Waals surface area (Å²) in [4.78, 5) is 10.2. The Morgan fingerprint density at radius 1 is 0.889 bits per heavy atom. The van der Waals surface area contributed by atoms with Crippen molar-refractivity contribution < 1.29 is 0 Å². The molecule has 0 atom stereocenters. The van der Waals surface area contributed by atoms with Crippen LogP contribution in [0.3, 0.4) is 0 Å². The lowest BCUT2D eigenvalue weighted by Gasteiger charge is -2.22. The van der Waals surface area contributed by atoms with E-state index in [-0.39, 0.29) is 0 Å². The van der Waals surface area contributed by atoms with Crippen LogP contribution in [0, 0.1) is 6.92 Å². The molecule has 1 aromatic heterocycles. The van der Waals surface area contributed by atoms with Crippen LogP contribution >= 0.6 is 0 Å². The fourth-order valence-corrected chi connectivity index (χ4v) is 4.18. The summed E-state index contributed by atoms with van der Waals surface area (Å²) in [6, 6.07) is 5.26. The second-order valence-electron chi connectivity index (χ2n) is 7.82. The molecule has 1 aromatic carbocycles. The van der Waals surface area contributed by atoms with Crippen LogP contribution in [-0.2, 0) is 25.7 Å². The maximum atomic E-state index is 5.14. The quantitative estimate of drug-likeness (QED) is 0.648. The Morgan fingerprint density at radius 3 is 2.11 bits per heavy atom. The van der Waals surface area contributed by atoms with Crippen molar-refractivity contribution >= 4 is 5.82 Å². The molecule has 0 saturated carbocycles. The van der Waals surface area contributed by atoms with Crippen molar-refractivity contribution in [3.63, 3.8) is 0 Å². The minimum atomic E-state index is 0.464. The molecule has 1 aliphatic carbocycles. The van der Waals surface area contributed by atoms with Gasteiger partial charge in [-0.1, -0.05) is 33.8 Å². The van der Waals surface area contributed by atoms with E-state index in [1.54, 1.807) is 0 Å². The van der Waals surface area contributed by atoms with Gasteiger partial charge in [-0.3, -0.25) is 0 Å². The van der Waals surface area contributed by atoms with Gasteiger partial charge in [0.15, 0.2) is 0 Å². The van der Waals surface area contributed by atoms with Crippen LogP contribution in [0.2, 0.25) is 0 Å². The fraction of sp³-hybridized carbons (Fsp3) is 0.583. The lowest BCUT2D eigenvalue weighted by molar-refractivity contribution is 0.665. The van der Waals surface area contributed by atoms with Crippen molar-refractivity contribution in [2.45, 2.75) is 92.0 Å². The van der Waals surface area contributed by atoms with Gasteiger partial charge in [-0.15, -0.1) is 0 Å². The molecule has 1 N–H and O–H groups in total. The number of aromatic nitrogens is 2. The average Bonchev–Trinajstić information content (AvgIpc) is 2.71. The zero-order valence-electron chi connectivity index (χ0n) is 17.8. The van der Waals surface area contributed by atoms with Gasteiger partial charge in [0.05, 0.1) is 17.1 Å². The molecular weight excluding hydrogens is 330 g/mol. The Labute approximate surface area is 165 Å². The zero-order chi connectivity index (χ0) is 19.4. The van der Waals surface area contributed by atoms with E-state index in [1.165, 1.54) is 47.9 Å². The number of anilines is 1. The third-order valence-electron chi connectivity index (χ3n) is 5.98. The van der Waals surface area contributed by atoms with Gasteiger partial charge < -0.3 is 5.32 Å². The summed E-state index contributed by atoms with van der Waals surface area (Å²) in [6.45, 7) is 11.1. The van der Waals surface area contributed by atoms with Crippen molar-refractivity contribution in [1.29, 1.82) is 0 Å². The number of rotatable bonds is 7. The molecule has 146 valence electrons. The molecule has 0 bridgehead atoms. The van der Waals surface area contributed by atoms with E-state index >= 15 is 0 Å². The van der Waals surface area contributed by atoms with Crippen LogP contribution in [0.1, 0.15) is 81.5 Å². The van der Waals surface area contributed by atoms with Gasteiger partial charge in [0.25, 0.3) is 0 Å². The van der Waals surface area contributed by atoms with E-state index in [1.807, 2.05) is 0 Å². The topological polar surface area (TPSA) is 37.8 Å². The van der Waals surface area contributed by atoms with Crippen LogP contribution in [0.5, 0.6) is 0 Å². The van der Waals surface area contributed by atoms with Gasteiger partial charge >= 0.3 is 0 Å². The summed E-state index contributed by atoms with van der Waals surface area (Å²) < 4.78 is 0. The number of hydrogen-bond donors (Lipinski definition) is 1. The highest BCUT2D eigenvalue weighted by Gasteiger charge is 2.19. The third kappa shape index (κ3) is 4.17. The normalized spacial score (nSPS) is 13.7. The van der Waals surface area contributed by atoms with Crippen molar-refractivity contribution in [3.8, 4) is 11.3 Å². The van der Waals surface area contributed by atoms with E-state index in [2.05, 4.69) is 52.1 Å². The molecule has 0 fully saturated rings. The maximum Gasteiger partial charge on any atom is 0.148 e. The standard InChI is InChI=1S/C24H35N3/c1-6-19(7-2)25-24-22(9-4)26-23(21(8-3)27-24)20-15-18-13-11-10-12-17(18)14-16(20)5/h14-15,19H,6-13H2,1-5H3,(H,25,27). The highest BCUT2D eigenvalue weighted by Crippen LogP contribution is 2.32. The molecule has 3 heteroatoms. The third-order valence-corrected chi connectivity index (χ3v) is 5.98. The second-order valence-corrected chi connectivity index (χ2v) is 7.82. The highest BCUT2D eigenvalue weighted by molar-refractivity contribution is 5.69. The van der Waals surface area contributed by atoms with Crippen LogP contribution in [-0.4, -0.2) is 16.0 Å². The number of nitrogens with zero attached hydrogens (tertiary/aromatic N) is 2.